The minimum absolute atomic E-state index is 0. The molecule has 208 valence electrons. The zero-order chi connectivity index (χ0) is 28.3. The Bertz CT molecular complexity index is 1560. The first-order valence-electron chi connectivity index (χ1n) is 12.8. The molecule has 0 amide bonds. The molecular formula is C27H26N5NaO6S2. The molecule has 5 rings (SSSR count). The molecule has 0 saturated carbocycles. The van der Waals surface area contributed by atoms with Gasteiger partial charge in [-0.05, 0) is 50.1 Å². The van der Waals surface area contributed by atoms with Crippen LogP contribution >= 0.6 is 11.3 Å². The summed E-state index contributed by atoms with van der Waals surface area (Å²) in [5.41, 5.74) is 2.34. The number of ketones is 2. The first-order valence-corrected chi connectivity index (χ1v) is 14.9. The van der Waals surface area contributed by atoms with Crippen molar-refractivity contribution < 1.29 is 56.3 Å². The Hall–Kier alpha value is -2.78. The first-order chi connectivity index (χ1) is 19.2. The van der Waals surface area contributed by atoms with Crippen molar-refractivity contribution >= 4 is 61.7 Å². The maximum atomic E-state index is 12.9. The standard InChI is InChI=1S/C27H27N5O6S2.Na/c1-2-31(15-16-38-40(35,36)37)19-11-9-18(10-12-19)29-30-27-28-26(32-13-5-6-14-32)23(39-27)17-22-24(33)20-7-3-4-8-21(20)25(22)34;/h3-4,7-12,17H,2,5-6,13-16H2,1H3,(H,35,36,37);/q;+1/p-1. The second-order valence-corrected chi connectivity index (χ2v) is 11.2. The number of hydrogen-bond acceptors (Lipinski definition) is 12. The van der Waals surface area contributed by atoms with Gasteiger partial charge >= 0.3 is 29.6 Å². The maximum absolute atomic E-state index is 12.9. The molecule has 0 unspecified atom stereocenters. The van der Waals surface area contributed by atoms with Gasteiger partial charge in [0.25, 0.3) is 0 Å². The van der Waals surface area contributed by atoms with E-state index in [9.17, 15) is 22.6 Å². The molecule has 0 radical (unpaired) electrons. The predicted octanol–water partition coefficient (Wildman–Crippen LogP) is 1.93. The number of benzene rings is 2. The fourth-order valence-corrected chi connectivity index (χ4v) is 5.82. The van der Waals surface area contributed by atoms with E-state index in [0.717, 1.165) is 31.6 Å². The van der Waals surface area contributed by atoms with Crippen molar-refractivity contribution in [1.29, 1.82) is 0 Å². The number of thiazole rings is 1. The molecule has 11 nitrogen and oxygen atoms in total. The summed E-state index contributed by atoms with van der Waals surface area (Å²) in [4.78, 5) is 35.3. The average molecular weight is 604 g/mol. The Labute approximate surface area is 264 Å². The number of rotatable bonds is 10. The van der Waals surface area contributed by atoms with Crippen LogP contribution in [0.3, 0.4) is 0 Å². The molecule has 0 atom stereocenters. The molecule has 1 saturated heterocycles. The fraction of sp³-hybridized carbons (Fsp3) is 0.296. The molecule has 0 N–H and O–H groups in total. The van der Waals surface area contributed by atoms with Crippen LogP contribution < -0.4 is 39.4 Å². The maximum Gasteiger partial charge on any atom is 1.00 e. The third-order valence-electron chi connectivity index (χ3n) is 6.65. The van der Waals surface area contributed by atoms with Gasteiger partial charge in [-0.25, -0.2) is 8.42 Å². The monoisotopic (exact) mass is 603 g/mol. The third kappa shape index (κ3) is 7.36. The van der Waals surface area contributed by atoms with Gasteiger partial charge in [0.2, 0.25) is 15.5 Å². The molecule has 0 spiro atoms. The molecule has 1 fully saturated rings. The van der Waals surface area contributed by atoms with Gasteiger partial charge in [0.15, 0.2) is 11.6 Å². The number of nitrogens with zero attached hydrogens (tertiary/aromatic N) is 5. The summed E-state index contributed by atoms with van der Waals surface area (Å²) in [6, 6.07) is 14.0. The van der Waals surface area contributed by atoms with E-state index in [0.29, 0.717) is 39.2 Å². The summed E-state index contributed by atoms with van der Waals surface area (Å²) in [7, 11) is -4.73. The first kappa shape index (κ1) is 31.2. The van der Waals surface area contributed by atoms with E-state index in [4.69, 9.17) is 0 Å². The van der Waals surface area contributed by atoms with Crippen molar-refractivity contribution in [2.75, 3.05) is 42.6 Å². The summed E-state index contributed by atoms with van der Waals surface area (Å²) < 4.78 is 36.3. The summed E-state index contributed by atoms with van der Waals surface area (Å²) in [6.07, 6.45) is 3.70. The third-order valence-corrected chi connectivity index (χ3v) is 7.98. The van der Waals surface area contributed by atoms with Crippen LogP contribution in [0.1, 0.15) is 45.4 Å². The van der Waals surface area contributed by atoms with Gasteiger partial charge in [-0.1, -0.05) is 35.6 Å². The predicted molar refractivity (Wildman–Crippen MR) is 151 cm³/mol. The van der Waals surface area contributed by atoms with Crippen molar-refractivity contribution in [3.05, 3.63) is 70.1 Å². The topological polar surface area (TPSA) is 145 Å². The zero-order valence-corrected chi connectivity index (χ0v) is 26.3. The van der Waals surface area contributed by atoms with Crippen molar-refractivity contribution in [3.8, 4) is 0 Å². The van der Waals surface area contributed by atoms with Crippen molar-refractivity contribution in [1.82, 2.24) is 4.98 Å². The normalized spacial score (nSPS) is 15.0. The number of carbonyl (C=O) groups is 2. The van der Waals surface area contributed by atoms with Crippen LogP contribution in [0.5, 0.6) is 0 Å². The molecule has 0 bridgehead atoms. The number of aromatic nitrogens is 1. The Balaban J connectivity index is 0.00000387. The number of azo groups is 1. The van der Waals surface area contributed by atoms with Crippen LogP contribution in [0.2, 0.25) is 0 Å². The molecule has 2 heterocycles. The fourth-order valence-electron chi connectivity index (χ4n) is 4.69. The minimum Gasteiger partial charge on any atom is -0.726 e. The molecule has 14 heteroatoms. The van der Waals surface area contributed by atoms with Crippen LogP contribution in [0.15, 0.2) is 64.3 Å². The van der Waals surface area contributed by atoms with Gasteiger partial charge in [-0.15, -0.1) is 10.2 Å². The summed E-state index contributed by atoms with van der Waals surface area (Å²) in [5, 5.41) is 9.03. The quantitative estimate of drug-likeness (QED) is 0.0848. The molecule has 41 heavy (non-hydrogen) atoms. The van der Waals surface area contributed by atoms with Gasteiger partial charge in [0.1, 0.15) is 5.82 Å². The molecule has 1 aromatic heterocycles. The van der Waals surface area contributed by atoms with Gasteiger partial charge < -0.3 is 14.4 Å². The van der Waals surface area contributed by atoms with E-state index >= 15 is 0 Å². The van der Waals surface area contributed by atoms with Crippen LogP contribution in [0.25, 0.3) is 6.08 Å². The van der Waals surface area contributed by atoms with Crippen molar-refractivity contribution in [3.63, 3.8) is 0 Å². The number of allylic oxidation sites excluding steroid dienone is 1. The van der Waals surface area contributed by atoms with Crippen LogP contribution in [0.4, 0.5) is 22.3 Å². The zero-order valence-electron chi connectivity index (χ0n) is 22.6. The largest absolute Gasteiger partial charge is 1.00 e. The van der Waals surface area contributed by atoms with Gasteiger partial charge in [0, 0.05) is 43.0 Å². The van der Waals surface area contributed by atoms with Crippen LogP contribution in [-0.2, 0) is 14.6 Å². The SMILES string of the molecule is CCN(CCOS(=O)(=O)[O-])c1ccc(N=Nc2nc(N3CCCC3)c(C=C3C(=O)c4ccccc4C3=O)s2)cc1.[Na+]. The Kier molecular flexibility index (Phi) is 10.2. The van der Waals surface area contributed by atoms with Gasteiger partial charge in [0.05, 0.1) is 22.7 Å². The Morgan fingerprint density at radius 1 is 1.05 bits per heavy atom. The van der Waals surface area contributed by atoms with Gasteiger partial charge in [-0.2, -0.15) is 4.98 Å². The van der Waals surface area contributed by atoms with E-state index in [1.165, 1.54) is 11.3 Å². The Morgan fingerprint density at radius 3 is 2.27 bits per heavy atom. The van der Waals surface area contributed by atoms with Crippen molar-refractivity contribution in [2.45, 2.75) is 19.8 Å². The molecule has 3 aromatic rings. The molecule has 2 aliphatic rings. The van der Waals surface area contributed by atoms with Crippen LogP contribution in [0, 0.1) is 0 Å². The second kappa shape index (κ2) is 13.5. The minimum atomic E-state index is -4.73. The Morgan fingerprint density at radius 2 is 1.68 bits per heavy atom. The number of likely N-dealkylation sites (N-methyl/N-ethyl adjacent to an activating group) is 1. The van der Waals surface area contributed by atoms with Crippen molar-refractivity contribution in [2.24, 2.45) is 10.2 Å². The average Bonchev–Trinajstić information content (AvgIpc) is 3.66. The molecular weight excluding hydrogens is 577 g/mol. The van der Waals surface area contributed by atoms with Crippen LogP contribution in [-0.4, -0.2) is 62.3 Å². The smallest absolute Gasteiger partial charge is 0.726 e. The number of Topliss-reactive ketones (excluding diaryl/α,β-unsaturated/α-hetero) is 2. The van der Waals surface area contributed by atoms with E-state index in [1.807, 2.05) is 24.0 Å². The number of hydrogen-bond donors (Lipinski definition) is 0. The molecule has 1 aliphatic heterocycles. The van der Waals surface area contributed by atoms with Gasteiger partial charge in [-0.3, -0.25) is 13.8 Å². The van der Waals surface area contributed by atoms with E-state index < -0.39 is 10.4 Å². The number of anilines is 2. The number of fused-ring (bicyclic) bond motifs is 1. The summed E-state index contributed by atoms with van der Waals surface area (Å²) >= 11 is 1.27. The van der Waals surface area contributed by atoms with E-state index in [2.05, 4.69) is 24.3 Å². The van der Waals surface area contributed by atoms with E-state index in [-0.39, 0.29) is 59.8 Å². The second-order valence-electron chi connectivity index (χ2n) is 9.17. The number of carbonyl (C=O) groups excluding carboxylic acids is 2. The molecule has 1 aliphatic carbocycles. The summed E-state index contributed by atoms with van der Waals surface area (Å²) in [5.74, 6) is 0.121. The summed E-state index contributed by atoms with van der Waals surface area (Å²) in [6.45, 7) is 4.13. The van der Waals surface area contributed by atoms with E-state index in [1.54, 1.807) is 42.5 Å². The molecule has 2 aromatic carbocycles.